The molecule has 0 radical (unpaired) electrons. The van der Waals surface area contributed by atoms with Gasteiger partial charge in [0.1, 0.15) is 0 Å². The van der Waals surface area contributed by atoms with Crippen LogP contribution in [0.15, 0.2) is 24.3 Å². The molecule has 2 aromatic rings. The molecule has 2 nitrogen and oxygen atoms in total. The molecule has 16 heavy (non-hydrogen) atoms. The molecular weight excluding hydrogens is 284 g/mol. The first-order valence-electron chi connectivity index (χ1n) is 5.57. The fraction of sp³-hybridized carbons (Fsp3) is 0.417. The molecule has 1 saturated heterocycles. The largest absolute Gasteiger partial charge is 0.348 e. The Bertz CT molecular complexity index is 455. The molecule has 84 valence electrons. The summed E-state index contributed by atoms with van der Waals surface area (Å²) in [6.45, 7) is 2.24. The lowest BCUT2D eigenvalue weighted by Crippen LogP contribution is -2.33. The average Bonchev–Trinajstić information content (AvgIpc) is 2.73. The fourth-order valence-electron chi connectivity index (χ4n) is 2.03. The second-order valence-electron chi connectivity index (χ2n) is 4.13. The SMILES string of the molecule is BrC1CCN(c2nc3ccccc3s2)CC1. The summed E-state index contributed by atoms with van der Waals surface area (Å²) < 4.78 is 1.29. The van der Waals surface area contributed by atoms with Crippen molar-refractivity contribution in [2.24, 2.45) is 0 Å². The van der Waals surface area contributed by atoms with Gasteiger partial charge in [-0.3, -0.25) is 0 Å². The smallest absolute Gasteiger partial charge is 0.186 e. The van der Waals surface area contributed by atoms with Crippen molar-refractivity contribution in [2.75, 3.05) is 18.0 Å². The highest BCUT2D eigenvalue weighted by molar-refractivity contribution is 9.09. The van der Waals surface area contributed by atoms with Crippen LogP contribution in [0.3, 0.4) is 0 Å². The molecule has 0 saturated carbocycles. The van der Waals surface area contributed by atoms with Gasteiger partial charge >= 0.3 is 0 Å². The van der Waals surface area contributed by atoms with E-state index in [4.69, 9.17) is 4.98 Å². The number of halogens is 1. The van der Waals surface area contributed by atoms with E-state index in [0.29, 0.717) is 4.83 Å². The van der Waals surface area contributed by atoms with Gasteiger partial charge in [0.25, 0.3) is 0 Å². The molecule has 0 spiro atoms. The minimum absolute atomic E-state index is 0.693. The Labute approximate surface area is 107 Å². The summed E-state index contributed by atoms with van der Waals surface area (Å²) in [7, 11) is 0. The number of anilines is 1. The van der Waals surface area contributed by atoms with Crippen molar-refractivity contribution in [2.45, 2.75) is 17.7 Å². The summed E-state index contributed by atoms with van der Waals surface area (Å²) in [6, 6.07) is 8.37. The molecule has 0 aliphatic carbocycles. The van der Waals surface area contributed by atoms with Crippen LogP contribution in [0.5, 0.6) is 0 Å². The van der Waals surface area contributed by atoms with Crippen molar-refractivity contribution >= 4 is 42.6 Å². The summed E-state index contributed by atoms with van der Waals surface area (Å²) in [4.78, 5) is 7.79. The summed E-state index contributed by atoms with van der Waals surface area (Å²) in [5.74, 6) is 0. The van der Waals surface area contributed by atoms with E-state index >= 15 is 0 Å². The number of nitrogens with zero attached hydrogens (tertiary/aromatic N) is 2. The van der Waals surface area contributed by atoms with Crippen LogP contribution in [0.1, 0.15) is 12.8 Å². The Hall–Kier alpha value is -0.610. The first-order chi connectivity index (χ1) is 7.83. The van der Waals surface area contributed by atoms with Crippen molar-refractivity contribution < 1.29 is 0 Å². The molecule has 1 aliphatic rings. The number of hydrogen-bond acceptors (Lipinski definition) is 3. The minimum Gasteiger partial charge on any atom is -0.348 e. The number of para-hydroxylation sites is 1. The van der Waals surface area contributed by atoms with Gasteiger partial charge in [-0.05, 0) is 25.0 Å². The van der Waals surface area contributed by atoms with Crippen LogP contribution in [0.4, 0.5) is 5.13 Å². The molecule has 1 fully saturated rings. The van der Waals surface area contributed by atoms with E-state index in [1.807, 2.05) is 0 Å². The summed E-state index contributed by atoms with van der Waals surface area (Å²) >= 11 is 5.48. The van der Waals surface area contributed by atoms with Crippen molar-refractivity contribution in [1.29, 1.82) is 0 Å². The van der Waals surface area contributed by atoms with Gasteiger partial charge in [-0.2, -0.15) is 0 Å². The van der Waals surface area contributed by atoms with Crippen LogP contribution in [0.2, 0.25) is 0 Å². The van der Waals surface area contributed by atoms with Crippen LogP contribution < -0.4 is 4.90 Å². The molecule has 1 aromatic heterocycles. The second-order valence-corrected chi connectivity index (χ2v) is 6.43. The number of benzene rings is 1. The van der Waals surface area contributed by atoms with Gasteiger partial charge in [0.05, 0.1) is 10.2 Å². The van der Waals surface area contributed by atoms with E-state index in [-0.39, 0.29) is 0 Å². The zero-order chi connectivity index (χ0) is 11.0. The third-order valence-electron chi connectivity index (χ3n) is 2.98. The van der Waals surface area contributed by atoms with Crippen molar-refractivity contribution in [3.8, 4) is 0 Å². The third kappa shape index (κ3) is 1.96. The first-order valence-corrected chi connectivity index (χ1v) is 7.31. The van der Waals surface area contributed by atoms with E-state index in [1.165, 1.54) is 22.7 Å². The average molecular weight is 297 g/mol. The minimum atomic E-state index is 0.693. The number of aromatic nitrogens is 1. The molecule has 2 heterocycles. The molecule has 1 aromatic carbocycles. The van der Waals surface area contributed by atoms with E-state index < -0.39 is 0 Å². The van der Waals surface area contributed by atoms with Gasteiger partial charge in [-0.1, -0.05) is 39.4 Å². The molecule has 1 aliphatic heterocycles. The van der Waals surface area contributed by atoms with Gasteiger partial charge in [-0.15, -0.1) is 0 Å². The van der Waals surface area contributed by atoms with Gasteiger partial charge in [0.15, 0.2) is 5.13 Å². The Morgan fingerprint density at radius 3 is 2.75 bits per heavy atom. The van der Waals surface area contributed by atoms with E-state index in [1.54, 1.807) is 11.3 Å². The third-order valence-corrected chi connectivity index (χ3v) is 4.99. The number of hydrogen-bond donors (Lipinski definition) is 0. The maximum atomic E-state index is 4.69. The lowest BCUT2D eigenvalue weighted by atomic mass is 10.1. The molecule has 0 amide bonds. The van der Waals surface area contributed by atoms with Crippen LogP contribution in [0.25, 0.3) is 10.2 Å². The first kappa shape index (κ1) is 10.5. The van der Waals surface area contributed by atoms with Gasteiger partial charge < -0.3 is 4.90 Å². The molecule has 4 heteroatoms. The highest BCUT2D eigenvalue weighted by Crippen LogP contribution is 2.31. The van der Waals surface area contributed by atoms with Crippen LogP contribution >= 0.6 is 27.3 Å². The maximum Gasteiger partial charge on any atom is 0.186 e. The van der Waals surface area contributed by atoms with Crippen molar-refractivity contribution in [3.05, 3.63) is 24.3 Å². The Morgan fingerprint density at radius 2 is 2.00 bits per heavy atom. The molecule has 3 rings (SSSR count). The Kier molecular flexibility index (Phi) is 2.86. The molecule has 0 N–H and O–H groups in total. The lowest BCUT2D eigenvalue weighted by Gasteiger charge is -2.28. The highest BCUT2D eigenvalue weighted by atomic mass is 79.9. The predicted molar refractivity (Wildman–Crippen MR) is 73.8 cm³/mol. The quantitative estimate of drug-likeness (QED) is 0.747. The van der Waals surface area contributed by atoms with Crippen LogP contribution in [0, 0.1) is 0 Å². The number of rotatable bonds is 1. The predicted octanol–water partition coefficient (Wildman–Crippen LogP) is 3.66. The van der Waals surface area contributed by atoms with Crippen LogP contribution in [-0.2, 0) is 0 Å². The number of fused-ring (bicyclic) bond motifs is 1. The number of piperidine rings is 1. The van der Waals surface area contributed by atoms with E-state index in [2.05, 4.69) is 45.1 Å². The standard InChI is InChI=1S/C12H13BrN2S/c13-9-5-7-15(8-6-9)12-14-10-3-1-2-4-11(10)16-12/h1-4,9H,5-8H2. The van der Waals surface area contributed by atoms with E-state index in [0.717, 1.165) is 18.6 Å². The molecular formula is C12H13BrN2S. The topological polar surface area (TPSA) is 16.1 Å². The van der Waals surface area contributed by atoms with Crippen molar-refractivity contribution in [1.82, 2.24) is 4.98 Å². The fourth-order valence-corrected chi connectivity index (χ4v) is 3.46. The summed E-state index contributed by atoms with van der Waals surface area (Å²) in [5.41, 5.74) is 1.13. The summed E-state index contributed by atoms with van der Waals surface area (Å²) in [5, 5.41) is 1.18. The lowest BCUT2D eigenvalue weighted by molar-refractivity contribution is 0.597. The number of thiazole rings is 1. The number of alkyl halides is 1. The second kappa shape index (κ2) is 4.34. The van der Waals surface area contributed by atoms with Crippen molar-refractivity contribution in [3.63, 3.8) is 0 Å². The Morgan fingerprint density at radius 1 is 1.25 bits per heavy atom. The monoisotopic (exact) mass is 296 g/mol. The van der Waals surface area contributed by atoms with Gasteiger partial charge in [0, 0.05) is 17.9 Å². The zero-order valence-corrected chi connectivity index (χ0v) is 11.3. The normalized spacial score (nSPS) is 18.2. The molecule has 0 atom stereocenters. The molecule has 0 unspecified atom stereocenters. The maximum absolute atomic E-state index is 4.69. The summed E-state index contributed by atoms with van der Waals surface area (Å²) in [6.07, 6.45) is 2.44. The van der Waals surface area contributed by atoms with Crippen LogP contribution in [-0.4, -0.2) is 22.9 Å². The molecule has 0 bridgehead atoms. The highest BCUT2D eigenvalue weighted by Gasteiger charge is 2.19. The van der Waals surface area contributed by atoms with E-state index in [9.17, 15) is 0 Å². The zero-order valence-electron chi connectivity index (χ0n) is 8.90. The Balaban J connectivity index is 1.88. The van der Waals surface area contributed by atoms with Gasteiger partial charge in [-0.25, -0.2) is 4.98 Å². The van der Waals surface area contributed by atoms with Gasteiger partial charge in [0.2, 0.25) is 0 Å².